The normalized spacial score (nSPS) is 17.0. The lowest BCUT2D eigenvalue weighted by atomic mass is 9.75. The Kier molecular flexibility index (Phi) is 5.50. The van der Waals surface area contributed by atoms with Gasteiger partial charge in [0.2, 0.25) is 0 Å². The topological polar surface area (TPSA) is 80.4 Å². The molecule has 2 aromatic carbocycles. The van der Waals surface area contributed by atoms with Crippen molar-refractivity contribution in [3.05, 3.63) is 63.6 Å². The first kappa shape index (κ1) is 22.3. The zero-order chi connectivity index (χ0) is 23.3. The summed E-state index contributed by atoms with van der Waals surface area (Å²) in [6.45, 7) is 12.7. The van der Waals surface area contributed by atoms with Crippen LogP contribution in [0.25, 0.3) is 5.69 Å². The molecule has 0 bridgehead atoms. The molecule has 32 heavy (non-hydrogen) atoms. The molecule has 9 heteroatoms. The highest BCUT2D eigenvalue weighted by atomic mass is 16.7. The van der Waals surface area contributed by atoms with Crippen molar-refractivity contribution in [2.24, 2.45) is 7.05 Å². The first-order valence-corrected chi connectivity index (χ1v) is 10.7. The largest absolute Gasteiger partial charge is 0.495 e. The minimum absolute atomic E-state index is 0.333. The van der Waals surface area contributed by atoms with Crippen molar-refractivity contribution in [3.63, 3.8) is 0 Å². The maximum atomic E-state index is 12.3. The molecule has 0 radical (unpaired) electrons. The minimum atomic E-state index is -0.405. The monoisotopic (exact) mass is 436 g/mol. The maximum Gasteiger partial charge on any atom is 0.495 e. The minimum Gasteiger partial charge on any atom is -0.487 e. The van der Waals surface area contributed by atoms with E-state index in [4.69, 9.17) is 14.0 Å². The van der Waals surface area contributed by atoms with E-state index in [1.54, 1.807) is 13.1 Å². The summed E-state index contributed by atoms with van der Waals surface area (Å²) < 4.78 is 21.0. The van der Waals surface area contributed by atoms with E-state index in [0.717, 1.165) is 22.2 Å². The molecule has 0 atom stereocenters. The van der Waals surface area contributed by atoms with E-state index in [2.05, 4.69) is 57.2 Å². The van der Waals surface area contributed by atoms with E-state index in [9.17, 15) is 4.79 Å². The molecule has 4 rings (SSSR count). The Morgan fingerprint density at radius 2 is 1.66 bits per heavy atom. The molecule has 1 aliphatic rings. The lowest BCUT2D eigenvalue weighted by Crippen LogP contribution is -2.41. The first-order chi connectivity index (χ1) is 15.0. The third-order valence-electron chi connectivity index (χ3n) is 6.43. The summed E-state index contributed by atoms with van der Waals surface area (Å²) in [6, 6.07) is 11.5. The van der Waals surface area contributed by atoms with Crippen LogP contribution in [0.1, 0.15) is 44.4 Å². The van der Waals surface area contributed by atoms with Gasteiger partial charge in [0, 0.05) is 7.05 Å². The molecule has 1 fully saturated rings. The Morgan fingerprint density at radius 1 is 1.00 bits per heavy atom. The summed E-state index contributed by atoms with van der Waals surface area (Å²) in [7, 11) is 1.15. The molecule has 8 nitrogen and oxygen atoms in total. The van der Waals surface area contributed by atoms with E-state index < -0.39 is 7.12 Å². The van der Waals surface area contributed by atoms with Crippen molar-refractivity contribution < 1.29 is 14.0 Å². The fraction of sp³-hybridized carbons (Fsp3) is 0.435. The van der Waals surface area contributed by atoms with Gasteiger partial charge in [-0.2, -0.15) is 9.36 Å². The van der Waals surface area contributed by atoms with Crippen LogP contribution in [-0.2, 0) is 23.0 Å². The molecule has 1 aliphatic heterocycles. The van der Waals surface area contributed by atoms with Gasteiger partial charge in [-0.3, -0.25) is 0 Å². The van der Waals surface area contributed by atoms with Gasteiger partial charge >= 0.3 is 12.8 Å². The van der Waals surface area contributed by atoms with Crippen molar-refractivity contribution in [3.8, 4) is 11.4 Å². The van der Waals surface area contributed by atoms with Crippen LogP contribution in [0.4, 0.5) is 0 Å². The van der Waals surface area contributed by atoms with Crippen molar-refractivity contribution in [2.45, 2.75) is 59.4 Å². The van der Waals surface area contributed by atoms with Crippen LogP contribution >= 0.6 is 0 Å². The molecule has 168 valence electrons. The van der Waals surface area contributed by atoms with Crippen LogP contribution in [-0.4, -0.2) is 38.1 Å². The Bertz CT molecular complexity index is 1200. The van der Waals surface area contributed by atoms with Crippen molar-refractivity contribution in [1.82, 2.24) is 19.8 Å². The van der Waals surface area contributed by atoms with Crippen LogP contribution < -0.4 is 15.9 Å². The van der Waals surface area contributed by atoms with Gasteiger partial charge < -0.3 is 14.0 Å². The molecular weight excluding hydrogens is 407 g/mol. The Labute approximate surface area is 188 Å². The van der Waals surface area contributed by atoms with Gasteiger partial charge in [-0.05, 0) is 80.7 Å². The van der Waals surface area contributed by atoms with Gasteiger partial charge in [-0.1, -0.05) is 29.8 Å². The van der Waals surface area contributed by atoms with Gasteiger partial charge in [0.25, 0.3) is 0 Å². The zero-order valence-electron chi connectivity index (χ0n) is 19.7. The van der Waals surface area contributed by atoms with Crippen LogP contribution in [0, 0.1) is 13.8 Å². The van der Waals surface area contributed by atoms with Crippen LogP contribution in [0.5, 0.6) is 5.75 Å². The lowest BCUT2D eigenvalue weighted by Gasteiger charge is -2.32. The van der Waals surface area contributed by atoms with E-state index >= 15 is 0 Å². The molecule has 0 spiro atoms. The fourth-order valence-corrected chi connectivity index (χ4v) is 3.65. The highest BCUT2D eigenvalue weighted by molar-refractivity contribution is 6.62. The Hall–Kier alpha value is -2.91. The Morgan fingerprint density at radius 3 is 2.28 bits per heavy atom. The van der Waals surface area contributed by atoms with Crippen molar-refractivity contribution in [1.29, 1.82) is 0 Å². The SMILES string of the molecule is Cc1cc(B2OC(C)(C)C(C)(C)O2)c(C)cc1COc1ccccc1-n1nnn(C)c1=O. The van der Waals surface area contributed by atoms with Crippen LogP contribution in [0.15, 0.2) is 41.2 Å². The molecular formula is C23H29BN4O4. The van der Waals surface area contributed by atoms with E-state index in [0.29, 0.717) is 18.0 Å². The summed E-state index contributed by atoms with van der Waals surface area (Å²) in [6.07, 6.45) is 0. The quantitative estimate of drug-likeness (QED) is 0.572. The number of hydrogen-bond donors (Lipinski definition) is 0. The number of benzene rings is 2. The second kappa shape index (κ2) is 7.90. The molecule has 0 aliphatic carbocycles. The number of rotatable bonds is 5. The highest BCUT2D eigenvalue weighted by Crippen LogP contribution is 2.37. The molecule has 3 aromatic rings. The van der Waals surface area contributed by atoms with E-state index in [-0.39, 0.29) is 16.9 Å². The number of para-hydroxylation sites is 2. The number of tetrazole rings is 1. The van der Waals surface area contributed by atoms with Crippen molar-refractivity contribution in [2.75, 3.05) is 0 Å². The van der Waals surface area contributed by atoms with Crippen LogP contribution in [0.3, 0.4) is 0 Å². The summed E-state index contributed by atoms with van der Waals surface area (Å²) in [5.74, 6) is 0.558. The molecule has 2 heterocycles. The van der Waals surface area contributed by atoms with Crippen LogP contribution in [0.2, 0.25) is 0 Å². The first-order valence-electron chi connectivity index (χ1n) is 10.7. The molecule has 0 unspecified atom stereocenters. The van der Waals surface area contributed by atoms with Crippen molar-refractivity contribution >= 4 is 12.6 Å². The molecule has 1 aromatic heterocycles. The second-order valence-corrected chi connectivity index (χ2v) is 9.28. The smallest absolute Gasteiger partial charge is 0.487 e. The lowest BCUT2D eigenvalue weighted by molar-refractivity contribution is 0.00578. The average Bonchev–Trinajstić information content (AvgIpc) is 3.16. The molecule has 0 N–H and O–H groups in total. The number of aromatic nitrogens is 4. The number of ether oxygens (including phenoxy) is 1. The predicted octanol–water partition coefficient (Wildman–Crippen LogP) is 2.46. The second-order valence-electron chi connectivity index (χ2n) is 9.28. The zero-order valence-corrected chi connectivity index (χ0v) is 19.7. The fourth-order valence-electron chi connectivity index (χ4n) is 3.65. The van der Waals surface area contributed by atoms with Gasteiger partial charge in [-0.25, -0.2) is 4.79 Å². The molecule has 0 amide bonds. The van der Waals surface area contributed by atoms with Gasteiger partial charge in [0.15, 0.2) is 0 Å². The predicted molar refractivity (Wildman–Crippen MR) is 123 cm³/mol. The third kappa shape index (κ3) is 3.86. The van der Waals surface area contributed by atoms with Gasteiger partial charge in [-0.15, -0.1) is 0 Å². The number of nitrogens with zero attached hydrogens (tertiary/aromatic N) is 4. The number of aryl methyl sites for hydroxylation is 3. The van der Waals surface area contributed by atoms with Gasteiger partial charge in [0.1, 0.15) is 18.0 Å². The van der Waals surface area contributed by atoms with E-state index in [1.165, 1.54) is 9.36 Å². The summed E-state index contributed by atoms with van der Waals surface area (Å²) >= 11 is 0. The molecule has 0 saturated carbocycles. The third-order valence-corrected chi connectivity index (χ3v) is 6.43. The number of hydrogen-bond acceptors (Lipinski definition) is 6. The van der Waals surface area contributed by atoms with E-state index in [1.807, 2.05) is 25.1 Å². The highest BCUT2D eigenvalue weighted by Gasteiger charge is 2.52. The maximum absolute atomic E-state index is 12.3. The molecule has 1 saturated heterocycles. The summed E-state index contributed by atoms with van der Waals surface area (Å²) in [5.41, 5.74) is 3.67. The Balaban J connectivity index is 1.57. The summed E-state index contributed by atoms with van der Waals surface area (Å²) in [5, 5.41) is 7.70. The average molecular weight is 436 g/mol. The van der Waals surface area contributed by atoms with Gasteiger partial charge in [0.05, 0.1) is 11.2 Å². The standard InChI is InChI=1S/C23H29BN4O4/c1-15-13-18(24-31-22(3,4)23(5,6)32-24)16(2)12-17(15)14-30-20-11-9-8-10-19(20)28-21(29)27(7)25-26-28/h8-13H,14H2,1-7H3. The summed E-state index contributed by atoms with van der Waals surface area (Å²) in [4.78, 5) is 12.3.